The van der Waals surface area contributed by atoms with Crippen LogP contribution in [0.25, 0.3) is 0 Å². The van der Waals surface area contributed by atoms with Crippen LogP contribution in [0.2, 0.25) is 0 Å². The summed E-state index contributed by atoms with van der Waals surface area (Å²) in [5.41, 5.74) is 5.15. The van der Waals surface area contributed by atoms with Crippen molar-refractivity contribution < 1.29 is 4.79 Å². The van der Waals surface area contributed by atoms with Gasteiger partial charge < -0.3 is 5.32 Å². The summed E-state index contributed by atoms with van der Waals surface area (Å²) < 4.78 is 0. The van der Waals surface area contributed by atoms with Crippen molar-refractivity contribution in [2.75, 3.05) is 14.1 Å². The molecule has 0 saturated heterocycles. The largest absolute Gasteiger partial charge is 0.350 e. The second-order valence-electron chi connectivity index (χ2n) is 5.91. The van der Waals surface area contributed by atoms with Gasteiger partial charge in [-0.25, -0.2) is 0 Å². The highest BCUT2D eigenvalue weighted by atomic mass is 16.2. The normalized spacial score (nSPS) is 12.5. The molecule has 0 radical (unpaired) electrons. The first kappa shape index (κ1) is 16.2. The van der Waals surface area contributed by atoms with Crippen LogP contribution in [-0.4, -0.2) is 35.1 Å². The summed E-state index contributed by atoms with van der Waals surface area (Å²) in [6.45, 7) is 6.43. The van der Waals surface area contributed by atoms with E-state index in [0.717, 1.165) is 22.5 Å². The predicted molar refractivity (Wildman–Crippen MR) is 87.5 cm³/mol. The van der Waals surface area contributed by atoms with Gasteiger partial charge in [-0.15, -0.1) is 0 Å². The Bertz CT molecular complexity index is 624. The molecule has 2 N–H and O–H groups in total. The van der Waals surface area contributed by atoms with E-state index in [1.807, 2.05) is 64.0 Å². The molecule has 1 heterocycles. The lowest BCUT2D eigenvalue weighted by Gasteiger charge is -2.24. The zero-order valence-electron chi connectivity index (χ0n) is 13.9. The summed E-state index contributed by atoms with van der Waals surface area (Å²) in [5.74, 6) is -0.00569. The summed E-state index contributed by atoms with van der Waals surface area (Å²) >= 11 is 0. The van der Waals surface area contributed by atoms with E-state index >= 15 is 0 Å². The van der Waals surface area contributed by atoms with Crippen molar-refractivity contribution in [3.8, 4) is 0 Å². The van der Waals surface area contributed by atoms with Gasteiger partial charge in [0.15, 0.2) is 0 Å². The van der Waals surface area contributed by atoms with E-state index in [1.165, 1.54) is 5.56 Å². The number of likely N-dealkylation sites (N-methyl/N-ethyl adjacent to an activating group) is 1. The standard InChI is InChI=1S/C17H24N4O/c1-11-6-8-14(9-7-11)16(21(4)5)17(22)18-10-15-12(2)19-20-13(15)3/h6-9,16H,10H2,1-5H3,(H,18,22)(H,19,20)/t16-/m1/s1. The smallest absolute Gasteiger partial charge is 0.242 e. The van der Waals surface area contributed by atoms with Crippen LogP contribution in [-0.2, 0) is 11.3 Å². The van der Waals surface area contributed by atoms with Gasteiger partial charge in [0.05, 0.1) is 5.69 Å². The first-order valence-electron chi connectivity index (χ1n) is 7.41. The second-order valence-corrected chi connectivity index (χ2v) is 5.91. The molecule has 5 nitrogen and oxygen atoms in total. The first-order valence-corrected chi connectivity index (χ1v) is 7.41. The number of benzene rings is 1. The minimum Gasteiger partial charge on any atom is -0.350 e. The summed E-state index contributed by atoms with van der Waals surface area (Å²) in [4.78, 5) is 14.5. The van der Waals surface area contributed by atoms with Crippen molar-refractivity contribution in [3.05, 3.63) is 52.3 Å². The number of nitrogens with one attached hydrogen (secondary N) is 2. The number of nitrogens with zero attached hydrogens (tertiary/aromatic N) is 2. The molecule has 22 heavy (non-hydrogen) atoms. The molecule has 0 aliphatic carbocycles. The van der Waals surface area contributed by atoms with Gasteiger partial charge in [-0.05, 0) is 40.4 Å². The van der Waals surface area contributed by atoms with Crippen LogP contribution in [0, 0.1) is 20.8 Å². The third-order valence-corrected chi connectivity index (χ3v) is 3.88. The molecule has 0 unspecified atom stereocenters. The number of rotatable bonds is 5. The fraction of sp³-hybridized carbons (Fsp3) is 0.412. The minimum atomic E-state index is -0.298. The molecular formula is C17H24N4O. The molecule has 5 heteroatoms. The van der Waals surface area contributed by atoms with Crippen LogP contribution in [0.4, 0.5) is 0 Å². The lowest BCUT2D eigenvalue weighted by atomic mass is 10.0. The minimum absolute atomic E-state index is 0.00569. The maximum absolute atomic E-state index is 12.6. The maximum atomic E-state index is 12.6. The third kappa shape index (κ3) is 3.54. The van der Waals surface area contributed by atoms with E-state index in [0.29, 0.717) is 6.54 Å². The van der Waals surface area contributed by atoms with Gasteiger partial charge in [0.25, 0.3) is 0 Å². The number of carbonyl (C=O) groups is 1. The summed E-state index contributed by atoms with van der Waals surface area (Å²) in [5, 5.41) is 10.1. The lowest BCUT2D eigenvalue weighted by Crippen LogP contribution is -2.36. The zero-order valence-corrected chi connectivity index (χ0v) is 13.9. The quantitative estimate of drug-likeness (QED) is 0.890. The molecule has 2 aromatic rings. The van der Waals surface area contributed by atoms with E-state index in [4.69, 9.17) is 0 Å². The Hall–Kier alpha value is -2.14. The third-order valence-electron chi connectivity index (χ3n) is 3.88. The number of aryl methyl sites for hydroxylation is 3. The molecule has 0 aliphatic heterocycles. The molecule has 118 valence electrons. The molecule has 2 rings (SSSR count). The number of aromatic nitrogens is 2. The number of aromatic amines is 1. The van der Waals surface area contributed by atoms with E-state index in [1.54, 1.807) is 0 Å². The van der Waals surface area contributed by atoms with Gasteiger partial charge in [-0.3, -0.25) is 14.8 Å². The average molecular weight is 300 g/mol. The van der Waals surface area contributed by atoms with Gasteiger partial charge in [-0.2, -0.15) is 5.10 Å². The Balaban J connectivity index is 2.12. The van der Waals surface area contributed by atoms with E-state index in [-0.39, 0.29) is 11.9 Å². The number of hydrogen-bond acceptors (Lipinski definition) is 3. The fourth-order valence-corrected chi connectivity index (χ4v) is 2.54. The van der Waals surface area contributed by atoms with Crippen molar-refractivity contribution in [3.63, 3.8) is 0 Å². The highest BCUT2D eigenvalue weighted by Gasteiger charge is 2.23. The van der Waals surface area contributed by atoms with Crippen LogP contribution in [0.3, 0.4) is 0 Å². The highest BCUT2D eigenvalue weighted by Crippen LogP contribution is 2.19. The Kier molecular flexibility index (Phi) is 4.98. The SMILES string of the molecule is Cc1ccc([C@H](C(=O)NCc2c(C)n[nH]c2C)N(C)C)cc1. The highest BCUT2D eigenvalue weighted by molar-refractivity contribution is 5.83. The molecule has 1 atom stereocenters. The summed E-state index contributed by atoms with van der Waals surface area (Å²) in [6, 6.07) is 7.78. The number of hydrogen-bond donors (Lipinski definition) is 2. The van der Waals surface area contributed by atoms with Crippen LogP contribution in [0.1, 0.15) is 34.1 Å². The Morgan fingerprint density at radius 3 is 2.36 bits per heavy atom. The molecule has 0 spiro atoms. The van der Waals surface area contributed by atoms with Crippen LogP contribution < -0.4 is 5.32 Å². The first-order chi connectivity index (χ1) is 10.4. The maximum Gasteiger partial charge on any atom is 0.242 e. The molecule has 0 fully saturated rings. The Morgan fingerprint density at radius 2 is 1.86 bits per heavy atom. The van der Waals surface area contributed by atoms with Crippen LogP contribution >= 0.6 is 0 Å². The van der Waals surface area contributed by atoms with Crippen molar-refractivity contribution >= 4 is 5.91 Å². The predicted octanol–water partition coefficient (Wildman–Crippen LogP) is 2.25. The molecular weight excluding hydrogens is 276 g/mol. The molecule has 1 amide bonds. The number of H-pyrrole nitrogens is 1. The van der Waals surface area contributed by atoms with E-state index < -0.39 is 0 Å². The molecule has 0 saturated carbocycles. The van der Waals surface area contributed by atoms with Gasteiger partial charge in [0, 0.05) is 17.8 Å². The summed E-state index contributed by atoms with van der Waals surface area (Å²) in [7, 11) is 3.83. The second kappa shape index (κ2) is 6.75. The number of amides is 1. The van der Waals surface area contributed by atoms with E-state index in [9.17, 15) is 4.79 Å². The van der Waals surface area contributed by atoms with Gasteiger partial charge in [0.1, 0.15) is 6.04 Å². The Morgan fingerprint density at radius 1 is 1.23 bits per heavy atom. The summed E-state index contributed by atoms with van der Waals surface area (Å²) in [6.07, 6.45) is 0. The van der Waals surface area contributed by atoms with E-state index in [2.05, 4.69) is 15.5 Å². The molecule has 1 aromatic carbocycles. The van der Waals surface area contributed by atoms with Crippen molar-refractivity contribution in [1.82, 2.24) is 20.4 Å². The van der Waals surface area contributed by atoms with Gasteiger partial charge in [0.2, 0.25) is 5.91 Å². The average Bonchev–Trinajstić information content (AvgIpc) is 2.78. The Labute approximate surface area is 131 Å². The van der Waals surface area contributed by atoms with Crippen LogP contribution in [0.15, 0.2) is 24.3 Å². The molecule has 0 aliphatic rings. The monoisotopic (exact) mass is 300 g/mol. The fourth-order valence-electron chi connectivity index (χ4n) is 2.54. The van der Waals surface area contributed by atoms with Gasteiger partial charge >= 0.3 is 0 Å². The molecule has 0 bridgehead atoms. The van der Waals surface area contributed by atoms with Crippen molar-refractivity contribution in [2.45, 2.75) is 33.4 Å². The lowest BCUT2D eigenvalue weighted by molar-refractivity contribution is -0.125. The van der Waals surface area contributed by atoms with Crippen molar-refractivity contribution in [2.24, 2.45) is 0 Å². The van der Waals surface area contributed by atoms with Crippen molar-refractivity contribution in [1.29, 1.82) is 0 Å². The van der Waals surface area contributed by atoms with Crippen LogP contribution in [0.5, 0.6) is 0 Å². The molecule has 1 aromatic heterocycles. The number of carbonyl (C=O) groups excluding carboxylic acids is 1. The van der Waals surface area contributed by atoms with Gasteiger partial charge in [-0.1, -0.05) is 29.8 Å². The zero-order chi connectivity index (χ0) is 16.3. The topological polar surface area (TPSA) is 61.0 Å².